The lowest BCUT2D eigenvalue weighted by Gasteiger charge is -2.28. The second-order valence-corrected chi connectivity index (χ2v) is 4.71. The van der Waals surface area contributed by atoms with Gasteiger partial charge in [0.2, 0.25) is 0 Å². The average Bonchev–Trinajstić information content (AvgIpc) is 2.37. The summed E-state index contributed by atoms with van der Waals surface area (Å²) in [5, 5.41) is 8.99. The molecule has 0 aromatic heterocycles. The quantitative estimate of drug-likeness (QED) is 0.725. The molecule has 0 bridgehead atoms. The lowest BCUT2D eigenvalue weighted by Crippen LogP contribution is -2.41. The molecule has 1 aliphatic heterocycles. The van der Waals surface area contributed by atoms with Gasteiger partial charge in [-0.05, 0) is 45.6 Å². The van der Waals surface area contributed by atoms with Gasteiger partial charge in [0.05, 0.1) is 0 Å². The monoisotopic (exact) mass is 200 g/mol. The largest absolute Gasteiger partial charge is 0.465 e. The van der Waals surface area contributed by atoms with Crippen molar-refractivity contribution in [2.24, 2.45) is 11.7 Å². The summed E-state index contributed by atoms with van der Waals surface area (Å²) in [7, 11) is 0. The van der Waals surface area contributed by atoms with Crippen LogP contribution in [-0.2, 0) is 0 Å². The molecule has 0 spiro atoms. The van der Waals surface area contributed by atoms with Gasteiger partial charge in [-0.15, -0.1) is 0 Å². The zero-order chi connectivity index (χ0) is 10.8. The fraction of sp³-hybridized carbons (Fsp3) is 0.900. The molecule has 1 saturated heterocycles. The van der Waals surface area contributed by atoms with Crippen molar-refractivity contribution in [2.75, 3.05) is 13.1 Å². The number of nitrogens with zero attached hydrogens (tertiary/aromatic N) is 1. The molecule has 1 fully saturated rings. The molecule has 1 rings (SSSR count). The lowest BCUT2D eigenvalue weighted by molar-refractivity contribution is 0.117. The van der Waals surface area contributed by atoms with Crippen LogP contribution in [0.4, 0.5) is 4.79 Å². The third-order valence-corrected chi connectivity index (χ3v) is 3.01. The highest BCUT2D eigenvalue weighted by atomic mass is 16.4. The van der Waals surface area contributed by atoms with E-state index in [4.69, 9.17) is 10.8 Å². The molecule has 14 heavy (non-hydrogen) atoms. The van der Waals surface area contributed by atoms with Gasteiger partial charge < -0.3 is 15.7 Å². The molecule has 4 nitrogen and oxygen atoms in total. The Morgan fingerprint density at radius 1 is 1.64 bits per heavy atom. The van der Waals surface area contributed by atoms with E-state index in [9.17, 15) is 4.79 Å². The third-order valence-electron chi connectivity index (χ3n) is 3.01. The van der Waals surface area contributed by atoms with Crippen LogP contribution in [0, 0.1) is 5.92 Å². The second kappa shape index (κ2) is 4.17. The SMILES string of the molecule is CC1(C)CC(CCCN)CN1C(=O)O. The van der Waals surface area contributed by atoms with Gasteiger partial charge in [0.25, 0.3) is 0 Å². The first kappa shape index (κ1) is 11.3. The predicted octanol–water partition coefficient (Wildman–Crippen LogP) is 1.50. The summed E-state index contributed by atoms with van der Waals surface area (Å²) >= 11 is 0. The van der Waals surface area contributed by atoms with Gasteiger partial charge in [-0.25, -0.2) is 4.79 Å². The summed E-state index contributed by atoms with van der Waals surface area (Å²) in [5.74, 6) is 0.490. The number of rotatable bonds is 3. The average molecular weight is 200 g/mol. The van der Waals surface area contributed by atoms with E-state index >= 15 is 0 Å². The highest BCUT2D eigenvalue weighted by molar-refractivity contribution is 5.66. The van der Waals surface area contributed by atoms with Crippen molar-refractivity contribution in [3.63, 3.8) is 0 Å². The van der Waals surface area contributed by atoms with Gasteiger partial charge >= 0.3 is 6.09 Å². The van der Waals surface area contributed by atoms with Crippen molar-refractivity contribution in [1.82, 2.24) is 4.90 Å². The van der Waals surface area contributed by atoms with Crippen molar-refractivity contribution in [3.8, 4) is 0 Å². The molecule has 0 aromatic carbocycles. The Kier molecular flexibility index (Phi) is 3.37. The van der Waals surface area contributed by atoms with Gasteiger partial charge in [-0.3, -0.25) is 0 Å². The number of carbonyl (C=O) groups is 1. The van der Waals surface area contributed by atoms with E-state index in [0.717, 1.165) is 19.3 Å². The van der Waals surface area contributed by atoms with Crippen LogP contribution in [0.2, 0.25) is 0 Å². The number of hydrogen-bond donors (Lipinski definition) is 2. The van der Waals surface area contributed by atoms with E-state index < -0.39 is 6.09 Å². The number of nitrogens with two attached hydrogens (primary N) is 1. The first-order chi connectivity index (χ1) is 6.47. The summed E-state index contributed by atoms with van der Waals surface area (Å²) in [6, 6.07) is 0. The number of amides is 1. The van der Waals surface area contributed by atoms with E-state index in [0.29, 0.717) is 19.0 Å². The molecule has 0 saturated carbocycles. The Labute approximate surface area is 85.1 Å². The number of carboxylic acid groups (broad SMARTS) is 1. The molecule has 1 atom stereocenters. The van der Waals surface area contributed by atoms with Gasteiger partial charge in [0, 0.05) is 12.1 Å². The molecule has 1 amide bonds. The molecule has 1 aliphatic rings. The van der Waals surface area contributed by atoms with E-state index in [1.54, 1.807) is 4.90 Å². The Morgan fingerprint density at radius 2 is 2.29 bits per heavy atom. The van der Waals surface area contributed by atoms with Crippen LogP contribution < -0.4 is 5.73 Å². The number of hydrogen-bond acceptors (Lipinski definition) is 2. The molecule has 0 aromatic rings. The predicted molar refractivity (Wildman–Crippen MR) is 55.2 cm³/mol. The molecule has 3 N–H and O–H groups in total. The van der Waals surface area contributed by atoms with Crippen LogP contribution in [0.25, 0.3) is 0 Å². The van der Waals surface area contributed by atoms with Crippen LogP contribution >= 0.6 is 0 Å². The van der Waals surface area contributed by atoms with Gasteiger partial charge in [0.1, 0.15) is 0 Å². The van der Waals surface area contributed by atoms with Crippen LogP contribution in [0.5, 0.6) is 0 Å². The van der Waals surface area contributed by atoms with Gasteiger partial charge in [-0.1, -0.05) is 0 Å². The molecule has 4 heteroatoms. The molecular formula is C10H20N2O2. The molecular weight excluding hydrogens is 180 g/mol. The van der Waals surface area contributed by atoms with E-state index in [2.05, 4.69) is 0 Å². The van der Waals surface area contributed by atoms with Crippen molar-refractivity contribution in [1.29, 1.82) is 0 Å². The van der Waals surface area contributed by atoms with Gasteiger partial charge in [0.15, 0.2) is 0 Å². The summed E-state index contributed by atoms with van der Waals surface area (Å²) in [6.45, 7) is 5.35. The molecule has 1 unspecified atom stereocenters. The van der Waals surface area contributed by atoms with E-state index in [-0.39, 0.29) is 5.54 Å². The highest BCUT2D eigenvalue weighted by Crippen LogP contribution is 2.34. The zero-order valence-electron chi connectivity index (χ0n) is 8.99. The fourth-order valence-corrected chi connectivity index (χ4v) is 2.32. The smallest absolute Gasteiger partial charge is 0.407 e. The Morgan fingerprint density at radius 3 is 2.71 bits per heavy atom. The van der Waals surface area contributed by atoms with Crippen LogP contribution in [0.3, 0.4) is 0 Å². The second-order valence-electron chi connectivity index (χ2n) is 4.71. The Balaban J connectivity index is 2.53. The van der Waals surface area contributed by atoms with Crippen LogP contribution in [0.15, 0.2) is 0 Å². The zero-order valence-corrected chi connectivity index (χ0v) is 8.99. The Bertz CT molecular complexity index is 216. The minimum Gasteiger partial charge on any atom is -0.465 e. The van der Waals surface area contributed by atoms with E-state index in [1.807, 2.05) is 13.8 Å². The van der Waals surface area contributed by atoms with Crippen molar-refractivity contribution in [3.05, 3.63) is 0 Å². The topological polar surface area (TPSA) is 66.6 Å². The Hall–Kier alpha value is -0.770. The van der Waals surface area contributed by atoms with Crippen molar-refractivity contribution < 1.29 is 9.90 Å². The fourth-order valence-electron chi connectivity index (χ4n) is 2.32. The van der Waals surface area contributed by atoms with Crippen LogP contribution in [0.1, 0.15) is 33.1 Å². The summed E-state index contributed by atoms with van der Waals surface area (Å²) < 4.78 is 0. The normalized spacial score (nSPS) is 25.4. The summed E-state index contributed by atoms with van der Waals surface area (Å²) in [5.41, 5.74) is 5.24. The first-order valence-electron chi connectivity index (χ1n) is 5.18. The minimum absolute atomic E-state index is 0.203. The summed E-state index contributed by atoms with van der Waals surface area (Å²) in [6.07, 6.45) is 2.20. The lowest BCUT2D eigenvalue weighted by atomic mass is 9.93. The summed E-state index contributed by atoms with van der Waals surface area (Å²) in [4.78, 5) is 12.5. The maximum atomic E-state index is 10.9. The molecule has 0 aliphatic carbocycles. The van der Waals surface area contributed by atoms with Crippen LogP contribution in [-0.4, -0.2) is 34.7 Å². The standard InChI is InChI=1S/C10H20N2O2/c1-10(2)6-8(4-3-5-11)7-12(10)9(13)14/h8H,3-7,11H2,1-2H3,(H,13,14). The van der Waals surface area contributed by atoms with E-state index in [1.165, 1.54) is 0 Å². The molecule has 82 valence electrons. The molecule has 1 heterocycles. The first-order valence-corrected chi connectivity index (χ1v) is 5.18. The number of likely N-dealkylation sites (tertiary alicyclic amines) is 1. The maximum absolute atomic E-state index is 10.9. The molecule has 0 radical (unpaired) electrons. The third kappa shape index (κ3) is 2.38. The minimum atomic E-state index is -0.801. The maximum Gasteiger partial charge on any atom is 0.407 e. The van der Waals surface area contributed by atoms with Crippen molar-refractivity contribution >= 4 is 6.09 Å². The highest BCUT2D eigenvalue weighted by Gasteiger charge is 2.40. The van der Waals surface area contributed by atoms with Gasteiger partial charge in [-0.2, -0.15) is 0 Å². The van der Waals surface area contributed by atoms with Crippen molar-refractivity contribution in [2.45, 2.75) is 38.6 Å².